The van der Waals surface area contributed by atoms with Crippen molar-refractivity contribution in [3.8, 4) is 0 Å². The van der Waals surface area contributed by atoms with E-state index in [2.05, 4.69) is 33.3 Å². The summed E-state index contributed by atoms with van der Waals surface area (Å²) < 4.78 is 1.88. The van der Waals surface area contributed by atoms with Gasteiger partial charge in [-0.05, 0) is 31.9 Å². The van der Waals surface area contributed by atoms with Crippen LogP contribution in [0.5, 0.6) is 0 Å². The van der Waals surface area contributed by atoms with Gasteiger partial charge in [-0.2, -0.15) is 5.10 Å². The smallest absolute Gasteiger partial charge is 0.0574 e. The van der Waals surface area contributed by atoms with Crippen LogP contribution in [-0.2, 0) is 7.05 Å². The van der Waals surface area contributed by atoms with E-state index in [-0.39, 0.29) is 0 Å². The van der Waals surface area contributed by atoms with E-state index in [0.717, 1.165) is 12.2 Å². The topological polar surface area (TPSA) is 34.0 Å². The van der Waals surface area contributed by atoms with Crippen molar-refractivity contribution < 1.29 is 0 Å². The van der Waals surface area contributed by atoms with Crippen LogP contribution in [0, 0.1) is 6.92 Å². The van der Waals surface area contributed by atoms with Crippen LogP contribution in [0.2, 0.25) is 0 Å². The normalized spacial score (nSPS) is 19.4. The lowest BCUT2D eigenvalue weighted by Crippen LogP contribution is -2.22. The summed E-state index contributed by atoms with van der Waals surface area (Å²) in [4.78, 5) is 6.73. The van der Waals surface area contributed by atoms with E-state index in [1.165, 1.54) is 24.1 Å². The average molecular weight is 242 g/mol. The van der Waals surface area contributed by atoms with Crippen LogP contribution in [0.1, 0.15) is 30.1 Å². The lowest BCUT2D eigenvalue weighted by molar-refractivity contribution is 0.714. The number of aromatic nitrogens is 3. The van der Waals surface area contributed by atoms with Crippen molar-refractivity contribution in [2.24, 2.45) is 7.05 Å². The first-order valence-electron chi connectivity index (χ1n) is 6.42. The number of rotatable bonds is 2. The SMILES string of the molecule is Cc1cc(N2CCCC2c2cnn(C)c2)ccn1. The lowest BCUT2D eigenvalue weighted by atomic mass is 10.1. The van der Waals surface area contributed by atoms with E-state index in [0.29, 0.717) is 6.04 Å². The minimum Gasteiger partial charge on any atom is -0.364 e. The first-order chi connectivity index (χ1) is 8.74. The molecule has 0 amide bonds. The fourth-order valence-electron chi connectivity index (χ4n) is 2.74. The Morgan fingerprint density at radius 3 is 3.00 bits per heavy atom. The van der Waals surface area contributed by atoms with Gasteiger partial charge in [0.1, 0.15) is 0 Å². The minimum absolute atomic E-state index is 0.459. The van der Waals surface area contributed by atoms with E-state index >= 15 is 0 Å². The second-order valence-electron chi connectivity index (χ2n) is 4.95. The third-order valence-corrected chi connectivity index (χ3v) is 3.57. The van der Waals surface area contributed by atoms with Crippen LogP contribution < -0.4 is 4.90 Å². The lowest BCUT2D eigenvalue weighted by Gasteiger charge is -2.26. The van der Waals surface area contributed by atoms with Gasteiger partial charge in [-0.15, -0.1) is 0 Å². The molecule has 0 N–H and O–H groups in total. The molecule has 0 spiro atoms. The maximum Gasteiger partial charge on any atom is 0.0574 e. The zero-order valence-electron chi connectivity index (χ0n) is 10.9. The summed E-state index contributed by atoms with van der Waals surface area (Å²) in [5, 5.41) is 4.28. The van der Waals surface area contributed by atoms with Crippen molar-refractivity contribution in [1.82, 2.24) is 14.8 Å². The molecule has 4 nitrogen and oxygen atoms in total. The van der Waals surface area contributed by atoms with Gasteiger partial charge in [0.15, 0.2) is 0 Å². The molecule has 18 heavy (non-hydrogen) atoms. The fraction of sp³-hybridized carbons (Fsp3) is 0.429. The van der Waals surface area contributed by atoms with Gasteiger partial charge in [0.25, 0.3) is 0 Å². The summed E-state index contributed by atoms with van der Waals surface area (Å²) in [6.07, 6.45) is 8.44. The van der Waals surface area contributed by atoms with Crippen molar-refractivity contribution >= 4 is 5.69 Å². The molecule has 0 aromatic carbocycles. The Kier molecular flexibility index (Phi) is 2.78. The number of hydrogen-bond donors (Lipinski definition) is 0. The first-order valence-corrected chi connectivity index (χ1v) is 6.42. The van der Waals surface area contributed by atoms with Gasteiger partial charge in [0, 0.05) is 42.9 Å². The number of pyridine rings is 1. The highest BCUT2D eigenvalue weighted by Crippen LogP contribution is 2.35. The number of aryl methyl sites for hydroxylation is 2. The van der Waals surface area contributed by atoms with Gasteiger partial charge in [0.05, 0.1) is 12.2 Å². The Morgan fingerprint density at radius 1 is 1.39 bits per heavy atom. The number of hydrogen-bond acceptors (Lipinski definition) is 3. The second kappa shape index (κ2) is 4.44. The molecule has 3 heterocycles. The average Bonchev–Trinajstić information content (AvgIpc) is 2.96. The summed E-state index contributed by atoms with van der Waals surface area (Å²) in [6, 6.07) is 4.72. The standard InChI is InChI=1S/C14H18N4/c1-11-8-13(5-6-15-11)18-7-3-4-14(18)12-9-16-17(2)10-12/h5-6,8-10,14H,3-4,7H2,1-2H3. The Bertz CT molecular complexity index is 546. The van der Waals surface area contributed by atoms with Gasteiger partial charge >= 0.3 is 0 Å². The van der Waals surface area contributed by atoms with Crippen LogP contribution in [-0.4, -0.2) is 21.3 Å². The molecule has 0 saturated carbocycles. The molecule has 0 bridgehead atoms. The van der Waals surface area contributed by atoms with E-state index in [9.17, 15) is 0 Å². The quantitative estimate of drug-likeness (QED) is 0.811. The van der Waals surface area contributed by atoms with Crippen molar-refractivity contribution in [3.05, 3.63) is 42.0 Å². The first kappa shape index (κ1) is 11.3. The highest BCUT2D eigenvalue weighted by atomic mass is 15.3. The largest absolute Gasteiger partial charge is 0.364 e. The molecule has 4 heteroatoms. The third-order valence-electron chi connectivity index (χ3n) is 3.57. The molecule has 2 aromatic rings. The van der Waals surface area contributed by atoms with E-state index in [1.54, 1.807) is 0 Å². The summed E-state index contributed by atoms with van der Waals surface area (Å²) in [5.74, 6) is 0. The van der Waals surface area contributed by atoms with Crippen molar-refractivity contribution in [3.63, 3.8) is 0 Å². The van der Waals surface area contributed by atoms with Crippen LogP contribution in [0.3, 0.4) is 0 Å². The summed E-state index contributed by atoms with van der Waals surface area (Å²) in [7, 11) is 1.97. The predicted octanol–water partition coefficient (Wildman–Crippen LogP) is 2.47. The van der Waals surface area contributed by atoms with Crippen molar-refractivity contribution in [2.75, 3.05) is 11.4 Å². The predicted molar refractivity (Wildman–Crippen MR) is 71.5 cm³/mol. The Morgan fingerprint density at radius 2 is 2.28 bits per heavy atom. The fourth-order valence-corrected chi connectivity index (χ4v) is 2.74. The van der Waals surface area contributed by atoms with Gasteiger partial charge in [-0.25, -0.2) is 0 Å². The summed E-state index contributed by atoms with van der Waals surface area (Å²) in [6.45, 7) is 3.15. The van der Waals surface area contributed by atoms with Crippen LogP contribution in [0.4, 0.5) is 5.69 Å². The highest BCUT2D eigenvalue weighted by molar-refractivity contribution is 5.49. The van der Waals surface area contributed by atoms with Gasteiger partial charge in [-0.1, -0.05) is 0 Å². The monoisotopic (exact) mass is 242 g/mol. The maximum atomic E-state index is 4.28. The Balaban J connectivity index is 1.92. The molecule has 1 aliphatic heterocycles. The molecule has 1 aliphatic rings. The Hall–Kier alpha value is -1.84. The van der Waals surface area contributed by atoms with E-state index in [4.69, 9.17) is 0 Å². The molecule has 94 valence electrons. The van der Waals surface area contributed by atoms with Crippen LogP contribution >= 0.6 is 0 Å². The molecule has 0 aliphatic carbocycles. The number of anilines is 1. The molecule has 1 saturated heterocycles. The van der Waals surface area contributed by atoms with Crippen LogP contribution in [0.25, 0.3) is 0 Å². The molecule has 1 atom stereocenters. The van der Waals surface area contributed by atoms with E-state index < -0.39 is 0 Å². The zero-order chi connectivity index (χ0) is 12.5. The number of nitrogens with zero attached hydrogens (tertiary/aromatic N) is 4. The zero-order valence-corrected chi connectivity index (χ0v) is 10.9. The third kappa shape index (κ3) is 1.98. The highest BCUT2D eigenvalue weighted by Gasteiger charge is 2.27. The molecule has 1 unspecified atom stereocenters. The van der Waals surface area contributed by atoms with Crippen LogP contribution in [0.15, 0.2) is 30.7 Å². The summed E-state index contributed by atoms with van der Waals surface area (Å²) >= 11 is 0. The molecule has 3 rings (SSSR count). The van der Waals surface area contributed by atoms with Crippen molar-refractivity contribution in [1.29, 1.82) is 0 Å². The van der Waals surface area contributed by atoms with Gasteiger partial charge in [-0.3, -0.25) is 9.67 Å². The molecule has 0 radical (unpaired) electrons. The Labute approximate surface area is 107 Å². The minimum atomic E-state index is 0.459. The molecule has 2 aromatic heterocycles. The molecule has 1 fully saturated rings. The van der Waals surface area contributed by atoms with Gasteiger partial charge in [0.2, 0.25) is 0 Å². The summed E-state index contributed by atoms with van der Waals surface area (Å²) in [5.41, 5.74) is 3.66. The second-order valence-corrected chi connectivity index (χ2v) is 4.95. The van der Waals surface area contributed by atoms with Gasteiger partial charge < -0.3 is 4.90 Å². The molecular formula is C14H18N4. The van der Waals surface area contributed by atoms with Crippen molar-refractivity contribution in [2.45, 2.75) is 25.8 Å². The van der Waals surface area contributed by atoms with E-state index in [1.807, 2.05) is 31.0 Å². The molecular weight excluding hydrogens is 224 g/mol. The maximum absolute atomic E-state index is 4.28.